The first-order chi connectivity index (χ1) is 17.3. The second-order valence-corrected chi connectivity index (χ2v) is 10.4. The van der Waals surface area contributed by atoms with Crippen LogP contribution in [0.25, 0.3) is 0 Å². The average Bonchev–Trinajstić information content (AvgIpc) is 3.59. The summed E-state index contributed by atoms with van der Waals surface area (Å²) in [4.78, 5) is 44.0. The van der Waals surface area contributed by atoms with Crippen molar-refractivity contribution in [1.82, 2.24) is 15.2 Å². The van der Waals surface area contributed by atoms with Gasteiger partial charge < -0.3 is 15.5 Å². The number of nitrogens with one attached hydrogen (secondary N) is 2. The second-order valence-electron chi connectivity index (χ2n) is 8.68. The summed E-state index contributed by atoms with van der Waals surface area (Å²) >= 11 is 13.3. The number of halogens is 2. The molecule has 7 nitrogen and oxygen atoms in total. The fourth-order valence-corrected chi connectivity index (χ4v) is 5.00. The highest BCUT2D eigenvalue weighted by Gasteiger charge is 2.34. The van der Waals surface area contributed by atoms with Crippen LogP contribution in [0.2, 0.25) is 10.0 Å². The molecule has 1 aromatic heterocycles. The number of nitrogens with zero attached hydrogens (tertiary/aromatic N) is 2. The Morgan fingerprint density at radius 1 is 1.11 bits per heavy atom. The minimum Gasteiger partial charge on any atom is -0.355 e. The summed E-state index contributed by atoms with van der Waals surface area (Å²) in [5, 5.41) is 8.89. The number of amides is 3. The molecule has 0 unspecified atom stereocenters. The molecule has 2 N–H and O–H groups in total. The summed E-state index contributed by atoms with van der Waals surface area (Å²) in [6.07, 6.45) is 2.47. The van der Waals surface area contributed by atoms with Crippen LogP contribution in [0.15, 0.2) is 47.8 Å². The lowest BCUT2D eigenvalue weighted by Crippen LogP contribution is -2.39. The number of hydrogen-bond acceptors (Lipinski definition) is 5. The summed E-state index contributed by atoms with van der Waals surface area (Å²) < 4.78 is 0. The third kappa shape index (κ3) is 7.06. The topological polar surface area (TPSA) is 91.4 Å². The van der Waals surface area contributed by atoms with Crippen molar-refractivity contribution in [1.29, 1.82) is 0 Å². The van der Waals surface area contributed by atoms with E-state index in [-0.39, 0.29) is 36.7 Å². The first kappa shape index (κ1) is 26.1. The van der Waals surface area contributed by atoms with Crippen LogP contribution in [0, 0.1) is 6.92 Å². The molecule has 0 radical (unpaired) electrons. The molecule has 1 aliphatic carbocycles. The lowest BCUT2D eigenvalue weighted by atomic mass is 10.1. The minimum atomic E-state index is -0.311. The van der Waals surface area contributed by atoms with Crippen molar-refractivity contribution < 1.29 is 14.4 Å². The van der Waals surface area contributed by atoms with Gasteiger partial charge in [-0.2, -0.15) is 0 Å². The molecule has 0 saturated heterocycles. The Morgan fingerprint density at radius 2 is 1.89 bits per heavy atom. The van der Waals surface area contributed by atoms with Gasteiger partial charge >= 0.3 is 0 Å². The molecular weight excluding hydrogens is 519 g/mol. The molecule has 0 spiro atoms. The molecule has 3 aromatic rings. The first-order valence-corrected chi connectivity index (χ1v) is 13.2. The van der Waals surface area contributed by atoms with E-state index in [4.69, 9.17) is 23.2 Å². The van der Waals surface area contributed by atoms with Crippen LogP contribution in [0.5, 0.6) is 0 Å². The van der Waals surface area contributed by atoms with Gasteiger partial charge in [0, 0.05) is 33.6 Å². The summed E-state index contributed by atoms with van der Waals surface area (Å²) in [5.74, 6) is -0.622. The van der Waals surface area contributed by atoms with Gasteiger partial charge in [-0.25, -0.2) is 4.98 Å². The highest BCUT2D eigenvalue weighted by molar-refractivity contribution is 7.13. The van der Waals surface area contributed by atoms with E-state index in [9.17, 15) is 14.4 Å². The third-order valence-corrected chi connectivity index (χ3v) is 7.20. The zero-order valence-corrected chi connectivity index (χ0v) is 22.1. The SMILES string of the molecule is Cc1ccccc1C(=O)N(CC(=O)Nc1nc(CC(=O)NCCc2ccc(Cl)cc2Cl)cs1)C1CC1. The Bertz CT molecular complexity index is 1280. The van der Waals surface area contributed by atoms with Gasteiger partial charge in [0.05, 0.1) is 12.1 Å². The fraction of sp³-hybridized carbons (Fsp3) is 0.308. The number of anilines is 1. The Kier molecular flexibility index (Phi) is 8.61. The van der Waals surface area contributed by atoms with Crippen molar-refractivity contribution >= 4 is 57.4 Å². The van der Waals surface area contributed by atoms with E-state index in [1.165, 1.54) is 11.3 Å². The molecule has 0 bridgehead atoms. The number of benzene rings is 2. The molecule has 1 aliphatic rings. The van der Waals surface area contributed by atoms with E-state index in [0.717, 1.165) is 24.0 Å². The van der Waals surface area contributed by atoms with Crippen molar-refractivity contribution in [2.24, 2.45) is 0 Å². The molecule has 0 aliphatic heterocycles. The molecule has 0 atom stereocenters. The smallest absolute Gasteiger partial charge is 0.254 e. The van der Waals surface area contributed by atoms with Crippen LogP contribution in [0.1, 0.15) is 40.0 Å². The van der Waals surface area contributed by atoms with Crippen molar-refractivity contribution in [3.63, 3.8) is 0 Å². The largest absolute Gasteiger partial charge is 0.355 e. The molecule has 36 heavy (non-hydrogen) atoms. The van der Waals surface area contributed by atoms with Crippen LogP contribution >= 0.6 is 34.5 Å². The number of rotatable bonds is 10. The summed E-state index contributed by atoms with van der Waals surface area (Å²) in [6, 6.07) is 12.7. The molecule has 1 fully saturated rings. The number of carbonyl (C=O) groups is 3. The van der Waals surface area contributed by atoms with Crippen LogP contribution in [0.3, 0.4) is 0 Å². The van der Waals surface area contributed by atoms with Gasteiger partial charge in [0.2, 0.25) is 11.8 Å². The van der Waals surface area contributed by atoms with Crippen molar-refractivity contribution in [2.45, 2.75) is 38.6 Å². The number of hydrogen-bond donors (Lipinski definition) is 2. The summed E-state index contributed by atoms with van der Waals surface area (Å²) in [7, 11) is 0. The molecule has 4 rings (SSSR count). The maximum absolute atomic E-state index is 13.0. The van der Waals surface area contributed by atoms with E-state index in [1.807, 2.05) is 31.2 Å². The third-order valence-electron chi connectivity index (χ3n) is 5.81. The molecule has 1 saturated carbocycles. The first-order valence-electron chi connectivity index (χ1n) is 11.6. The molecular formula is C26H26Cl2N4O3S. The Hall–Kier alpha value is -2.94. The van der Waals surface area contributed by atoms with Gasteiger partial charge in [-0.05, 0) is 55.5 Å². The van der Waals surface area contributed by atoms with Crippen molar-refractivity contribution in [3.05, 3.63) is 80.3 Å². The van der Waals surface area contributed by atoms with Crippen molar-refractivity contribution in [2.75, 3.05) is 18.4 Å². The number of aromatic nitrogens is 1. The number of thiazole rings is 1. The van der Waals surface area contributed by atoms with Gasteiger partial charge in [-0.15, -0.1) is 11.3 Å². The van der Waals surface area contributed by atoms with Crippen molar-refractivity contribution in [3.8, 4) is 0 Å². The Morgan fingerprint density at radius 3 is 2.61 bits per heavy atom. The van der Waals surface area contributed by atoms with Crippen LogP contribution < -0.4 is 10.6 Å². The minimum absolute atomic E-state index is 0.0412. The van der Waals surface area contributed by atoms with Gasteiger partial charge in [0.1, 0.15) is 6.54 Å². The molecule has 10 heteroatoms. The lowest BCUT2D eigenvalue weighted by Gasteiger charge is -2.22. The highest BCUT2D eigenvalue weighted by atomic mass is 35.5. The molecule has 2 aromatic carbocycles. The second kappa shape index (κ2) is 11.9. The number of carbonyl (C=O) groups excluding carboxylic acids is 3. The predicted octanol–water partition coefficient (Wildman–Crippen LogP) is 4.90. The maximum Gasteiger partial charge on any atom is 0.254 e. The van der Waals surface area contributed by atoms with Gasteiger partial charge in [-0.1, -0.05) is 47.5 Å². The van der Waals surface area contributed by atoms with E-state index in [2.05, 4.69) is 15.6 Å². The zero-order chi connectivity index (χ0) is 25.7. The Balaban J connectivity index is 1.26. The standard InChI is InChI=1S/C26H26Cl2N4O3S/c1-16-4-2-3-5-21(16)25(35)32(20-8-9-20)14-24(34)31-26-30-19(15-36-26)13-23(33)29-11-10-17-6-7-18(27)12-22(17)28/h2-7,12,15,20H,8-11,13-14H2,1H3,(H,29,33)(H,30,31,34). The van der Waals surface area contributed by atoms with Gasteiger partial charge in [-0.3, -0.25) is 14.4 Å². The van der Waals surface area contributed by atoms with Crippen LogP contribution in [0.4, 0.5) is 5.13 Å². The maximum atomic E-state index is 13.0. The van der Waals surface area contributed by atoms with E-state index >= 15 is 0 Å². The quantitative estimate of drug-likeness (QED) is 0.379. The van der Waals surface area contributed by atoms with Gasteiger partial charge in [0.25, 0.3) is 5.91 Å². The Labute approximate surface area is 223 Å². The van der Waals surface area contributed by atoms with E-state index < -0.39 is 0 Å². The summed E-state index contributed by atoms with van der Waals surface area (Å²) in [6.45, 7) is 2.28. The monoisotopic (exact) mass is 544 g/mol. The zero-order valence-electron chi connectivity index (χ0n) is 19.7. The van der Waals surface area contributed by atoms with E-state index in [1.54, 1.807) is 28.5 Å². The average molecular weight is 545 g/mol. The highest BCUT2D eigenvalue weighted by Crippen LogP contribution is 2.29. The molecule has 3 amide bonds. The molecule has 1 heterocycles. The normalized spacial score (nSPS) is 12.8. The van der Waals surface area contributed by atoms with E-state index in [0.29, 0.717) is 39.4 Å². The lowest BCUT2D eigenvalue weighted by molar-refractivity contribution is -0.120. The fourth-order valence-electron chi connectivity index (χ4n) is 3.77. The summed E-state index contributed by atoms with van der Waals surface area (Å²) in [5.41, 5.74) is 2.96. The molecule has 188 valence electrons. The van der Waals surface area contributed by atoms with Crippen LogP contribution in [-0.2, 0) is 22.4 Å². The van der Waals surface area contributed by atoms with Crippen LogP contribution in [-0.4, -0.2) is 46.7 Å². The predicted molar refractivity (Wildman–Crippen MR) is 143 cm³/mol. The number of aryl methyl sites for hydroxylation is 1. The van der Waals surface area contributed by atoms with Gasteiger partial charge in [0.15, 0.2) is 5.13 Å².